The Labute approximate surface area is 107 Å². The molecule has 0 saturated carbocycles. The molecule has 0 aliphatic carbocycles. The summed E-state index contributed by atoms with van der Waals surface area (Å²) in [5.41, 5.74) is 0.662. The fourth-order valence-corrected chi connectivity index (χ4v) is 1.55. The topological polar surface area (TPSA) is 35.0 Å². The number of halogens is 3. The van der Waals surface area contributed by atoms with Crippen molar-refractivity contribution in [2.45, 2.75) is 6.92 Å². The molecule has 0 radical (unpaired) electrons. The average Bonchev–Trinajstić information content (AvgIpc) is 2.22. The Balaban J connectivity index is 2.28. The minimum atomic E-state index is -0.555. The van der Waals surface area contributed by atoms with E-state index in [-0.39, 0.29) is 16.2 Å². The molecule has 2 aromatic rings. The van der Waals surface area contributed by atoms with E-state index in [4.69, 9.17) is 27.9 Å². The van der Waals surface area contributed by atoms with Gasteiger partial charge in [-0.15, -0.1) is 0 Å². The van der Waals surface area contributed by atoms with Crippen molar-refractivity contribution in [3.05, 3.63) is 46.1 Å². The summed E-state index contributed by atoms with van der Waals surface area (Å²) in [7, 11) is 0. The zero-order valence-electron chi connectivity index (χ0n) is 8.75. The predicted molar refractivity (Wildman–Crippen MR) is 63.3 cm³/mol. The Morgan fingerprint density at radius 1 is 1.18 bits per heavy atom. The maximum atomic E-state index is 13.2. The summed E-state index contributed by atoms with van der Waals surface area (Å²) in [4.78, 5) is 7.74. The van der Waals surface area contributed by atoms with Crippen LogP contribution in [0.3, 0.4) is 0 Å². The molecule has 0 amide bonds. The van der Waals surface area contributed by atoms with E-state index in [9.17, 15) is 4.39 Å². The van der Waals surface area contributed by atoms with Gasteiger partial charge >= 0.3 is 0 Å². The van der Waals surface area contributed by atoms with Gasteiger partial charge in [0, 0.05) is 17.8 Å². The third kappa shape index (κ3) is 3.05. The lowest BCUT2D eigenvalue weighted by Gasteiger charge is -2.06. The lowest BCUT2D eigenvalue weighted by atomic mass is 10.3. The first-order valence-corrected chi connectivity index (χ1v) is 5.44. The fraction of sp³-hybridized carbons (Fsp3) is 0.0909. The number of ether oxygens (including phenoxy) is 1. The maximum Gasteiger partial charge on any atom is 0.225 e. The highest BCUT2D eigenvalue weighted by atomic mass is 35.5. The Hall–Kier alpha value is -1.39. The Morgan fingerprint density at radius 2 is 1.94 bits per heavy atom. The highest BCUT2D eigenvalue weighted by Gasteiger charge is 2.05. The van der Waals surface area contributed by atoms with Gasteiger partial charge in [0.05, 0.1) is 5.02 Å². The highest BCUT2D eigenvalue weighted by Crippen LogP contribution is 2.25. The standard InChI is InChI=1S/C11H7Cl2FN2O/c1-6-4-10(16-11(13)15-6)17-7-2-3-8(12)9(14)5-7/h2-5H,1H3. The fourth-order valence-electron chi connectivity index (χ4n) is 1.22. The van der Waals surface area contributed by atoms with Gasteiger partial charge in [-0.05, 0) is 30.7 Å². The lowest BCUT2D eigenvalue weighted by molar-refractivity contribution is 0.456. The molecule has 6 heteroatoms. The summed E-state index contributed by atoms with van der Waals surface area (Å²) in [5, 5.41) is 0.115. The van der Waals surface area contributed by atoms with Gasteiger partial charge in [-0.2, -0.15) is 4.98 Å². The van der Waals surface area contributed by atoms with Gasteiger partial charge in [0.2, 0.25) is 11.2 Å². The molecule has 88 valence electrons. The summed E-state index contributed by atoms with van der Waals surface area (Å²) >= 11 is 11.2. The number of rotatable bonds is 2. The third-order valence-corrected chi connectivity index (χ3v) is 2.39. The minimum absolute atomic E-state index is 0.0363. The first-order chi connectivity index (χ1) is 8.04. The number of nitrogens with zero attached hydrogens (tertiary/aromatic N) is 2. The molecule has 0 aliphatic heterocycles. The van der Waals surface area contributed by atoms with Crippen molar-refractivity contribution in [1.29, 1.82) is 0 Å². The van der Waals surface area contributed by atoms with E-state index in [1.54, 1.807) is 13.0 Å². The number of hydrogen-bond acceptors (Lipinski definition) is 3. The summed E-state index contributed by atoms with van der Waals surface area (Å²) in [6.45, 7) is 1.75. The number of hydrogen-bond donors (Lipinski definition) is 0. The summed E-state index contributed by atoms with van der Waals surface area (Å²) in [6.07, 6.45) is 0. The molecule has 0 unspecified atom stereocenters. The zero-order chi connectivity index (χ0) is 12.4. The second-order valence-corrected chi connectivity index (χ2v) is 4.04. The van der Waals surface area contributed by atoms with E-state index < -0.39 is 5.82 Å². The van der Waals surface area contributed by atoms with Gasteiger partial charge in [0.25, 0.3) is 0 Å². The lowest BCUT2D eigenvalue weighted by Crippen LogP contribution is -1.93. The van der Waals surface area contributed by atoms with Crippen LogP contribution in [0.25, 0.3) is 0 Å². The Bertz CT molecular complexity index is 543. The van der Waals surface area contributed by atoms with E-state index in [2.05, 4.69) is 9.97 Å². The SMILES string of the molecule is Cc1cc(Oc2ccc(Cl)c(F)c2)nc(Cl)n1. The molecule has 0 spiro atoms. The summed E-state index contributed by atoms with van der Waals surface area (Å²) < 4.78 is 18.5. The van der Waals surface area contributed by atoms with E-state index in [0.717, 1.165) is 0 Å². The van der Waals surface area contributed by atoms with Crippen LogP contribution < -0.4 is 4.74 Å². The smallest absolute Gasteiger partial charge is 0.225 e. The molecule has 1 aromatic heterocycles. The van der Waals surface area contributed by atoms with E-state index >= 15 is 0 Å². The van der Waals surface area contributed by atoms with Crippen LogP contribution in [-0.2, 0) is 0 Å². The molecule has 0 bridgehead atoms. The van der Waals surface area contributed by atoms with Crippen molar-refractivity contribution < 1.29 is 9.13 Å². The molecule has 2 rings (SSSR count). The average molecular weight is 273 g/mol. The van der Waals surface area contributed by atoms with Crippen LogP contribution in [0, 0.1) is 12.7 Å². The van der Waals surface area contributed by atoms with Gasteiger partial charge in [-0.1, -0.05) is 11.6 Å². The summed E-state index contributed by atoms with van der Waals surface area (Å²) in [5.74, 6) is -0.00803. The molecule has 0 atom stereocenters. The predicted octanol–water partition coefficient (Wildman–Crippen LogP) is 4.02. The normalized spacial score (nSPS) is 10.4. The van der Waals surface area contributed by atoms with Gasteiger partial charge in [-0.3, -0.25) is 0 Å². The van der Waals surface area contributed by atoms with Crippen molar-refractivity contribution in [1.82, 2.24) is 9.97 Å². The van der Waals surface area contributed by atoms with Crippen LogP contribution in [0.1, 0.15) is 5.69 Å². The Morgan fingerprint density at radius 3 is 2.59 bits per heavy atom. The largest absolute Gasteiger partial charge is 0.439 e. The van der Waals surface area contributed by atoms with Crippen LogP contribution in [0.15, 0.2) is 24.3 Å². The van der Waals surface area contributed by atoms with Crippen LogP contribution in [0.4, 0.5) is 4.39 Å². The van der Waals surface area contributed by atoms with Gasteiger partial charge < -0.3 is 4.74 Å². The molecule has 3 nitrogen and oxygen atoms in total. The molecule has 1 heterocycles. The van der Waals surface area contributed by atoms with Crippen LogP contribution in [0.2, 0.25) is 10.3 Å². The zero-order valence-corrected chi connectivity index (χ0v) is 10.3. The van der Waals surface area contributed by atoms with Crippen molar-refractivity contribution in [3.8, 4) is 11.6 Å². The van der Waals surface area contributed by atoms with Crippen molar-refractivity contribution in [3.63, 3.8) is 0 Å². The first kappa shape index (κ1) is 12.1. The second kappa shape index (κ2) is 4.85. The van der Waals surface area contributed by atoms with Gasteiger partial charge in [-0.25, -0.2) is 9.37 Å². The van der Waals surface area contributed by atoms with E-state index in [0.29, 0.717) is 11.4 Å². The quantitative estimate of drug-likeness (QED) is 0.775. The van der Waals surface area contributed by atoms with Crippen LogP contribution >= 0.6 is 23.2 Å². The van der Waals surface area contributed by atoms with E-state index in [1.165, 1.54) is 18.2 Å². The van der Waals surface area contributed by atoms with Crippen molar-refractivity contribution in [2.75, 3.05) is 0 Å². The molecular formula is C11H7Cl2FN2O. The molecule has 0 fully saturated rings. The summed E-state index contributed by atoms with van der Waals surface area (Å²) in [6, 6.07) is 5.71. The highest BCUT2D eigenvalue weighted by molar-refractivity contribution is 6.30. The Kier molecular flexibility index (Phi) is 3.45. The second-order valence-electron chi connectivity index (χ2n) is 3.29. The molecule has 0 aliphatic rings. The monoisotopic (exact) mass is 272 g/mol. The number of aromatic nitrogens is 2. The van der Waals surface area contributed by atoms with Crippen molar-refractivity contribution in [2.24, 2.45) is 0 Å². The molecule has 1 aromatic carbocycles. The van der Waals surface area contributed by atoms with Crippen molar-refractivity contribution >= 4 is 23.2 Å². The van der Waals surface area contributed by atoms with Crippen LogP contribution in [-0.4, -0.2) is 9.97 Å². The number of benzene rings is 1. The van der Waals surface area contributed by atoms with Gasteiger partial charge in [0.15, 0.2) is 0 Å². The van der Waals surface area contributed by atoms with E-state index in [1.807, 2.05) is 0 Å². The molecule has 17 heavy (non-hydrogen) atoms. The number of aryl methyl sites for hydroxylation is 1. The van der Waals surface area contributed by atoms with Gasteiger partial charge in [0.1, 0.15) is 11.6 Å². The maximum absolute atomic E-state index is 13.2. The molecule has 0 N–H and O–H groups in total. The first-order valence-electron chi connectivity index (χ1n) is 4.69. The minimum Gasteiger partial charge on any atom is -0.439 e. The van der Waals surface area contributed by atoms with Crippen LogP contribution in [0.5, 0.6) is 11.6 Å². The third-order valence-electron chi connectivity index (χ3n) is 1.92. The molecule has 0 saturated heterocycles. The molecular weight excluding hydrogens is 266 g/mol.